The summed E-state index contributed by atoms with van der Waals surface area (Å²) in [5.74, 6) is -1.63. The van der Waals surface area contributed by atoms with Gasteiger partial charge in [-0.1, -0.05) is 18.2 Å². The van der Waals surface area contributed by atoms with E-state index in [1.165, 1.54) is 35.1 Å². The SMILES string of the molecule is COC(=O)[C@H](Cc1ccc(OC)cc1)NC(=O)[C@@H]1CN(C(=O)c2cccc(F)c2)CCN1C(=O)N1CCOCC1. The van der Waals surface area contributed by atoms with Gasteiger partial charge in [0.05, 0.1) is 34.0 Å². The number of methoxy groups -OCH3 is 2. The third-order valence-electron chi connectivity index (χ3n) is 6.97. The smallest absolute Gasteiger partial charge is 0.328 e. The largest absolute Gasteiger partial charge is 0.497 e. The number of benzene rings is 2. The van der Waals surface area contributed by atoms with Crippen molar-refractivity contribution in [2.45, 2.75) is 18.5 Å². The number of hydrogen-bond donors (Lipinski definition) is 1. The highest BCUT2D eigenvalue weighted by Gasteiger charge is 2.40. The Morgan fingerprint density at radius 1 is 1.00 bits per heavy atom. The lowest BCUT2D eigenvalue weighted by Gasteiger charge is -2.43. The minimum atomic E-state index is -1.09. The molecule has 0 unspecified atom stereocenters. The van der Waals surface area contributed by atoms with Crippen molar-refractivity contribution in [2.75, 3.05) is 60.2 Å². The Balaban J connectivity index is 1.56. The lowest BCUT2D eigenvalue weighted by atomic mass is 10.0. The van der Waals surface area contributed by atoms with E-state index < -0.39 is 35.7 Å². The van der Waals surface area contributed by atoms with Crippen molar-refractivity contribution in [3.8, 4) is 5.75 Å². The number of nitrogens with one attached hydrogen (secondary N) is 1. The highest BCUT2D eigenvalue weighted by Crippen LogP contribution is 2.19. The number of ether oxygens (including phenoxy) is 3. The van der Waals surface area contributed by atoms with Crippen LogP contribution in [0.3, 0.4) is 0 Å². The molecule has 2 aliphatic heterocycles. The number of rotatable bonds is 7. The monoisotopic (exact) mass is 556 g/mol. The number of morpholine rings is 1. The lowest BCUT2D eigenvalue weighted by molar-refractivity contribution is -0.145. The first-order chi connectivity index (χ1) is 19.3. The van der Waals surface area contributed by atoms with Crippen LogP contribution < -0.4 is 10.1 Å². The maximum atomic E-state index is 13.8. The molecule has 2 aromatic carbocycles. The van der Waals surface area contributed by atoms with E-state index in [9.17, 15) is 23.6 Å². The van der Waals surface area contributed by atoms with E-state index in [1.54, 1.807) is 36.3 Å². The number of carbonyl (C=O) groups excluding carboxylic acids is 4. The van der Waals surface area contributed by atoms with E-state index in [-0.39, 0.29) is 37.6 Å². The zero-order chi connectivity index (χ0) is 28.6. The molecule has 40 heavy (non-hydrogen) atoms. The molecule has 2 fully saturated rings. The van der Waals surface area contributed by atoms with Gasteiger partial charge in [0.25, 0.3) is 5.91 Å². The zero-order valence-electron chi connectivity index (χ0n) is 22.5. The van der Waals surface area contributed by atoms with E-state index in [1.807, 2.05) is 0 Å². The van der Waals surface area contributed by atoms with Crippen LogP contribution in [0.5, 0.6) is 5.75 Å². The number of piperazine rings is 1. The van der Waals surface area contributed by atoms with Crippen molar-refractivity contribution in [1.29, 1.82) is 0 Å². The van der Waals surface area contributed by atoms with Gasteiger partial charge >= 0.3 is 12.0 Å². The fourth-order valence-electron chi connectivity index (χ4n) is 4.76. The number of urea groups is 1. The number of hydrogen-bond acceptors (Lipinski definition) is 7. The van der Waals surface area contributed by atoms with Gasteiger partial charge in [-0.3, -0.25) is 9.59 Å². The standard InChI is InChI=1S/C28H33FN4O7/c1-38-22-8-6-19(7-9-22)16-23(27(36)39-2)30-25(34)24-18-32(26(35)20-4-3-5-21(29)17-20)10-11-33(24)28(37)31-12-14-40-15-13-31/h3-9,17,23-24H,10-16,18H2,1-2H3,(H,30,34)/t23-,24-/m0/s1. The molecule has 1 N–H and O–H groups in total. The molecular weight excluding hydrogens is 523 g/mol. The molecule has 11 nitrogen and oxygen atoms in total. The molecule has 0 saturated carbocycles. The number of esters is 1. The summed E-state index contributed by atoms with van der Waals surface area (Å²) in [6.07, 6.45) is 0.137. The van der Waals surface area contributed by atoms with E-state index in [0.717, 1.165) is 11.6 Å². The summed E-state index contributed by atoms with van der Waals surface area (Å²) < 4.78 is 29.2. The number of carbonyl (C=O) groups is 4. The molecule has 2 saturated heterocycles. The molecule has 4 rings (SSSR count). The molecule has 0 aliphatic carbocycles. The maximum Gasteiger partial charge on any atom is 0.328 e. The summed E-state index contributed by atoms with van der Waals surface area (Å²) in [4.78, 5) is 57.4. The molecule has 2 heterocycles. The van der Waals surface area contributed by atoms with E-state index in [0.29, 0.717) is 32.1 Å². The summed E-state index contributed by atoms with van der Waals surface area (Å²) in [6.45, 7) is 1.61. The van der Waals surface area contributed by atoms with Gasteiger partial charge in [-0.25, -0.2) is 14.0 Å². The Hall–Kier alpha value is -4.19. The minimum absolute atomic E-state index is 0.0801. The first-order valence-electron chi connectivity index (χ1n) is 13.0. The third kappa shape index (κ3) is 6.87. The predicted molar refractivity (Wildman–Crippen MR) is 141 cm³/mol. The Morgan fingerprint density at radius 2 is 1.73 bits per heavy atom. The van der Waals surface area contributed by atoms with Crippen molar-refractivity contribution in [3.05, 3.63) is 65.5 Å². The van der Waals surface area contributed by atoms with Gasteiger partial charge in [0.1, 0.15) is 23.7 Å². The van der Waals surface area contributed by atoms with Crippen molar-refractivity contribution >= 4 is 23.8 Å². The Labute approximate surface area is 231 Å². The average molecular weight is 557 g/mol. The van der Waals surface area contributed by atoms with Gasteiger partial charge in [0, 0.05) is 38.2 Å². The second-order valence-electron chi connectivity index (χ2n) is 9.49. The van der Waals surface area contributed by atoms with Gasteiger partial charge in [0.15, 0.2) is 0 Å². The van der Waals surface area contributed by atoms with Crippen LogP contribution in [-0.4, -0.2) is 111 Å². The average Bonchev–Trinajstić information content (AvgIpc) is 3.00. The van der Waals surface area contributed by atoms with Crippen LogP contribution in [0.25, 0.3) is 0 Å². The van der Waals surface area contributed by atoms with Crippen LogP contribution in [-0.2, 0) is 25.5 Å². The van der Waals surface area contributed by atoms with Crippen molar-refractivity contribution in [3.63, 3.8) is 0 Å². The van der Waals surface area contributed by atoms with Crippen LogP contribution in [0.2, 0.25) is 0 Å². The van der Waals surface area contributed by atoms with E-state index in [2.05, 4.69) is 5.32 Å². The van der Waals surface area contributed by atoms with Crippen LogP contribution >= 0.6 is 0 Å². The van der Waals surface area contributed by atoms with E-state index >= 15 is 0 Å². The van der Waals surface area contributed by atoms with Crippen LogP contribution in [0.1, 0.15) is 15.9 Å². The van der Waals surface area contributed by atoms with Gasteiger partial charge in [-0.05, 0) is 35.9 Å². The second-order valence-corrected chi connectivity index (χ2v) is 9.49. The number of amides is 4. The molecule has 2 atom stereocenters. The Morgan fingerprint density at radius 3 is 2.38 bits per heavy atom. The quantitative estimate of drug-likeness (QED) is 0.511. The molecule has 0 aromatic heterocycles. The van der Waals surface area contributed by atoms with Crippen molar-refractivity contribution in [1.82, 2.24) is 20.0 Å². The molecule has 0 bridgehead atoms. The Kier molecular flexibility index (Phi) is 9.54. The highest BCUT2D eigenvalue weighted by atomic mass is 19.1. The summed E-state index contributed by atoms with van der Waals surface area (Å²) in [5, 5.41) is 2.73. The Bertz CT molecular complexity index is 1220. The van der Waals surface area contributed by atoms with Crippen LogP contribution in [0.15, 0.2) is 48.5 Å². The van der Waals surface area contributed by atoms with Gasteiger partial charge in [-0.15, -0.1) is 0 Å². The maximum absolute atomic E-state index is 13.8. The predicted octanol–water partition coefficient (Wildman–Crippen LogP) is 1.31. The summed E-state index contributed by atoms with van der Waals surface area (Å²) in [7, 11) is 2.77. The van der Waals surface area contributed by atoms with Crippen LogP contribution in [0, 0.1) is 5.82 Å². The minimum Gasteiger partial charge on any atom is -0.497 e. The molecule has 0 radical (unpaired) electrons. The fourth-order valence-corrected chi connectivity index (χ4v) is 4.76. The van der Waals surface area contributed by atoms with E-state index in [4.69, 9.17) is 14.2 Å². The summed E-state index contributed by atoms with van der Waals surface area (Å²) in [6, 6.07) is 9.84. The lowest BCUT2D eigenvalue weighted by Crippen LogP contribution is -2.65. The zero-order valence-corrected chi connectivity index (χ0v) is 22.5. The number of nitrogens with zero attached hydrogens (tertiary/aromatic N) is 3. The van der Waals surface area contributed by atoms with Crippen LogP contribution in [0.4, 0.5) is 9.18 Å². The second kappa shape index (κ2) is 13.2. The molecular formula is C28H33FN4O7. The normalized spacial score (nSPS) is 18.1. The molecule has 214 valence electrons. The molecule has 2 aromatic rings. The van der Waals surface area contributed by atoms with Crippen molar-refractivity contribution < 1.29 is 37.8 Å². The highest BCUT2D eigenvalue weighted by molar-refractivity contribution is 5.96. The molecule has 12 heteroatoms. The molecule has 0 spiro atoms. The number of halogens is 1. The topological polar surface area (TPSA) is 118 Å². The van der Waals surface area contributed by atoms with Crippen molar-refractivity contribution in [2.24, 2.45) is 0 Å². The third-order valence-corrected chi connectivity index (χ3v) is 6.97. The summed E-state index contributed by atoms with van der Waals surface area (Å²) >= 11 is 0. The first-order valence-corrected chi connectivity index (χ1v) is 13.0. The van der Waals surface area contributed by atoms with Gasteiger partial charge in [0.2, 0.25) is 5.91 Å². The summed E-state index contributed by atoms with van der Waals surface area (Å²) in [5.41, 5.74) is 0.892. The van der Waals surface area contributed by atoms with Gasteiger partial charge in [-0.2, -0.15) is 0 Å². The molecule has 2 aliphatic rings. The molecule has 4 amide bonds. The first kappa shape index (κ1) is 28.8. The van der Waals surface area contributed by atoms with Gasteiger partial charge < -0.3 is 34.2 Å². The fraction of sp³-hybridized carbons (Fsp3) is 0.429.